The first-order valence-corrected chi connectivity index (χ1v) is 5.64. The molecular weight excluding hydrogens is 256 g/mol. The summed E-state index contributed by atoms with van der Waals surface area (Å²) in [6.07, 6.45) is 0. The molecule has 0 aromatic heterocycles. The Morgan fingerprint density at radius 2 is 1.47 bits per heavy atom. The number of benzene rings is 1. The molecule has 0 aliphatic rings. The first-order valence-electron chi connectivity index (χ1n) is 4.06. The standard InChI is InChI=1S/C7H6N2O7S/c10-8(11)6-2-1-3-7(9(12)13)5(6)4-17(14,15)16/h1-3H,4H2,(H,14,15,16)/p-1. The molecule has 0 spiro atoms. The van der Waals surface area contributed by atoms with Crippen molar-refractivity contribution in [3.8, 4) is 0 Å². The van der Waals surface area contributed by atoms with Crippen LogP contribution in [0.15, 0.2) is 18.2 Å². The van der Waals surface area contributed by atoms with Gasteiger partial charge in [-0.25, -0.2) is 8.42 Å². The number of nitro groups is 2. The minimum atomic E-state index is -4.85. The summed E-state index contributed by atoms with van der Waals surface area (Å²) in [5.74, 6) is -1.29. The zero-order valence-corrected chi connectivity index (χ0v) is 8.92. The van der Waals surface area contributed by atoms with Crippen LogP contribution in [0.1, 0.15) is 5.56 Å². The topological polar surface area (TPSA) is 143 Å². The molecule has 0 heterocycles. The highest BCUT2D eigenvalue weighted by Gasteiger charge is 2.25. The zero-order valence-electron chi connectivity index (χ0n) is 8.10. The van der Waals surface area contributed by atoms with Crippen LogP contribution in [0.25, 0.3) is 0 Å². The van der Waals surface area contributed by atoms with E-state index in [4.69, 9.17) is 0 Å². The monoisotopic (exact) mass is 261 g/mol. The summed E-state index contributed by atoms with van der Waals surface area (Å²) in [6, 6.07) is 2.83. The third kappa shape index (κ3) is 3.19. The van der Waals surface area contributed by atoms with E-state index in [9.17, 15) is 33.2 Å². The van der Waals surface area contributed by atoms with E-state index in [1.165, 1.54) is 0 Å². The van der Waals surface area contributed by atoms with Crippen molar-refractivity contribution in [2.45, 2.75) is 5.75 Å². The Morgan fingerprint density at radius 3 is 1.76 bits per heavy atom. The molecule has 1 rings (SSSR count). The summed E-state index contributed by atoms with van der Waals surface area (Å²) in [5, 5.41) is 21.1. The molecule has 0 aliphatic carbocycles. The molecule has 0 fully saturated rings. The molecule has 0 N–H and O–H groups in total. The second kappa shape index (κ2) is 4.43. The van der Waals surface area contributed by atoms with Crippen molar-refractivity contribution in [2.24, 2.45) is 0 Å². The predicted molar refractivity (Wildman–Crippen MR) is 53.2 cm³/mol. The highest BCUT2D eigenvalue weighted by molar-refractivity contribution is 7.84. The van der Waals surface area contributed by atoms with Gasteiger partial charge in [0.15, 0.2) is 0 Å². The number of rotatable bonds is 4. The molecule has 0 atom stereocenters. The van der Waals surface area contributed by atoms with Gasteiger partial charge in [0.2, 0.25) is 0 Å². The smallest absolute Gasteiger partial charge is 0.280 e. The van der Waals surface area contributed by atoms with Gasteiger partial charge >= 0.3 is 0 Å². The van der Waals surface area contributed by atoms with Crippen molar-refractivity contribution in [2.75, 3.05) is 0 Å². The van der Waals surface area contributed by atoms with Gasteiger partial charge in [0.1, 0.15) is 5.56 Å². The molecule has 0 amide bonds. The quantitative estimate of drug-likeness (QED) is 0.437. The van der Waals surface area contributed by atoms with E-state index < -0.39 is 42.7 Å². The number of nitrogens with zero attached hydrogens (tertiary/aromatic N) is 2. The van der Waals surface area contributed by atoms with Crippen LogP contribution in [0.4, 0.5) is 11.4 Å². The Morgan fingerprint density at radius 1 is 1.06 bits per heavy atom. The molecule has 1 aromatic carbocycles. The molecule has 10 heteroatoms. The van der Waals surface area contributed by atoms with E-state index in [2.05, 4.69) is 0 Å². The van der Waals surface area contributed by atoms with Crippen molar-refractivity contribution in [3.05, 3.63) is 44.0 Å². The first kappa shape index (κ1) is 13.0. The molecule has 0 saturated heterocycles. The Balaban J connectivity index is 3.49. The molecular formula is C7H5N2O7S-. The summed E-state index contributed by atoms with van der Waals surface area (Å²) in [7, 11) is -4.85. The van der Waals surface area contributed by atoms with E-state index in [1.54, 1.807) is 0 Å². The van der Waals surface area contributed by atoms with Gasteiger partial charge in [-0.2, -0.15) is 0 Å². The minimum absolute atomic E-state index is 0.711. The number of hydrogen-bond acceptors (Lipinski definition) is 7. The second-order valence-electron chi connectivity index (χ2n) is 2.99. The fourth-order valence-corrected chi connectivity index (χ4v) is 1.88. The van der Waals surface area contributed by atoms with Gasteiger partial charge in [-0.3, -0.25) is 20.2 Å². The van der Waals surface area contributed by atoms with Crippen molar-refractivity contribution < 1.29 is 22.8 Å². The third-order valence-electron chi connectivity index (χ3n) is 1.84. The molecule has 1 aromatic rings. The van der Waals surface area contributed by atoms with E-state index in [-0.39, 0.29) is 0 Å². The summed E-state index contributed by atoms with van der Waals surface area (Å²) in [4.78, 5) is 19.2. The summed E-state index contributed by atoms with van der Waals surface area (Å²) >= 11 is 0. The Kier molecular flexibility index (Phi) is 3.39. The van der Waals surface area contributed by atoms with Crippen LogP contribution in [0.3, 0.4) is 0 Å². The summed E-state index contributed by atoms with van der Waals surface area (Å²) in [5.41, 5.74) is -2.24. The van der Waals surface area contributed by atoms with Crippen molar-refractivity contribution in [1.29, 1.82) is 0 Å². The lowest BCUT2D eigenvalue weighted by Crippen LogP contribution is -2.07. The lowest BCUT2D eigenvalue weighted by atomic mass is 10.1. The third-order valence-corrected chi connectivity index (χ3v) is 2.48. The van der Waals surface area contributed by atoms with E-state index in [0.29, 0.717) is 0 Å². The van der Waals surface area contributed by atoms with Gasteiger partial charge < -0.3 is 4.55 Å². The highest BCUT2D eigenvalue weighted by Crippen LogP contribution is 2.29. The van der Waals surface area contributed by atoms with Gasteiger partial charge in [-0.1, -0.05) is 0 Å². The van der Waals surface area contributed by atoms with Crippen molar-refractivity contribution >= 4 is 21.5 Å². The van der Waals surface area contributed by atoms with Gasteiger partial charge in [0.25, 0.3) is 11.4 Å². The minimum Gasteiger partial charge on any atom is -0.748 e. The van der Waals surface area contributed by atoms with Gasteiger partial charge in [0.05, 0.1) is 25.7 Å². The van der Waals surface area contributed by atoms with E-state index in [0.717, 1.165) is 18.2 Å². The largest absolute Gasteiger partial charge is 0.748 e. The maximum Gasteiger partial charge on any atom is 0.280 e. The molecule has 0 unspecified atom stereocenters. The molecule has 92 valence electrons. The maximum absolute atomic E-state index is 10.6. The van der Waals surface area contributed by atoms with Crippen molar-refractivity contribution in [3.63, 3.8) is 0 Å². The normalized spacial score (nSPS) is 11.1. The lowest BCUT2D eigenvalue weighted by molar-refractivity contribution is -0.395. The van der Waals surface area contributed by atoms with Crippen molar-refractivity contribution in [1.82, 2.24) is 0 Å². The van der Waals surface area contributed by atoms with Gasteiger partial charge in [-0.15, -0.1) is 0 Å². The lowest BCUT2D eigenvalue weighted by Gasteiger charge is -2.07. The zero-order chi connectivity index (χ0) is 13.2. The van der Waals surface area contributed by atoms with Gasteiger partial charge in [0, 0.05) is 12.1 Å². The number of nitro benzene ring substituents is 2. The van der Waals surface area contributed by atoms with Crippen LogP contribution in [0.2, 0.25) is 0 Å². The Hall–Kier alpha value is -2.07. The van der Waals surface area contributed by atoms with Gasteiger partial charge in [-0.05, 0) is 6.07 Å². The molecule has 0 radical (unpaired) electrons. The highest BCUT2D eigenvalue weighted by atomic mass is 32.2. The Bertz CT molecular complexity index is 548. The summed E-state index contributed by atoms with van der Waals surface area (Å²) in [6.45, 7) is 0. The molecule has 0 aliphatic heterocycles. The van der Waals surface area contributed by atoms with E-state index >= 15 is 0 Å². The Labute approximate surface area is 94.7 Å². The van der Waals surface area contributed by atoms with E-state index in [1.807, 2.05) is 0 Å². The first-order chi connectivity index (χ1) is 7.72. The average molecular weight is 261 g/mol. The van der Waals surface area contributed by atoms with Crippen LogP contribution >= 0.6 is 0 Å². The summed E-state index contributed by atoms with van der Waals surface area (Å²) < 4.78 is 31.6. The fraction of sp³-hybridized carbons (Fsp3) is 0.143. The fourth-order valence-electron chi connectivity index (χ4n) is 1.23. The molecule has 0 bridgehead atoms. The van der Waals surface area contributed by atoms with Crippen LogP contribution in [0.5, 0.6) is 0 Å². The van der Waals surface area contributed by atoms with Crippen LogP contribution in [-0.2, 0) is 15.9 Å². The average Bonchev–Trinajstić information content (AvgIpc) is 2.14. The molecule has 17 heavy (non-hydrogen) atoms. The maximum atomic E-state index is 10.6. The predicted octanol–water partition coefficient (Wildman–Crippen LogP) is 0.548. The SMILES string of the molecule is O=[N+]([O-])c1cccc([N+](=O)[O-])c1CS(=O)(=O)[O-]. The number of hydrogen-bond donors (Lipinski definition) is 0. The van der Waals surface area contributed by atoms with Crippen LogP contribution in [0, 0.1) is 20.2 Å². The van der Waals surface area contributed by atoms with Crippen LogP contribution < -0.4 is 0 Å². The second-order valence-corrected chi connectivity index (χ2v) is 4.40. The molecule has 9 nitrogen and oxygen atoms in total. The molecule has 0 saturated carbocycles. The van der Waals surface area contributed by atoms with Crippen LogP contribution in [-0.4, -0.2) is 22.8 Å².